The van der Waals surface area contributed by atoms with E-state index in [-0.39, 0.29) is 5.91 Å². The highest BCUT2D eigenvalue weighted by Crippen LogP contribution is 2.11. The van der Waals surface area contributed by atoms with Crippen molar-refractivity contribution in [3.05, 3.63) is 35.4 Å². The first kappa shape index (κ1) is 16.7. The molecule has 0 saturated heterocycles. The van der Waals surface area contributed by atoms with Crippen LogP contribution in [0.2, 0.25) is 0 Å². The number of carboxylic acids is 1. The van der Waals surface area contributed by atoms with Gasteiger partial charge in [0, 0.05) is 31.8 Å². The second-order valence-electron chi connectivity index (χ2n) is 4.83. The van der Waals surface area contributed by atoms with Gasteiger partial charge in [-0.1, -0.05) is 6.07 Å². The summed E-state index contributed by atoms with van der Waals surface area (Å²) in [4.78, 5) is 37.9. The SMILES string of the molecule is CCN(C)C(=O)c1cccc(C(=O)N(C)C(C)C(=O)O)c1. The number of carbonyl (C=O) groups excluding carboxylic acids is 2. The molecule has 0 fully saturated rings. The number of amides is 2. The Morgan fingerprint density at radius 3 is 2.14 bits per heavy atom. The fourth-order valence-corrected chi connectivity index (χ4v) is 1.69. The molecule has 0 saturated carbocycles. The predicted octanol–water partition coefficient (Wildman–Crippen LogP) is 1.32. The van der Waals surface area contributed by atoms with Crippen molar-refractivity contribution in [2.45, 2.75) is 19.9 Å². The molecule has 0 aliphatic heterocycles. The number of hydrogen-bond acceptors (Lipinski definition) is 3. The van der Waals surface area contributed by atoms with Crippen LogP contribution >= 0.6 is 0 Å². The zero-order valence-electron chi connectivity index (χ0n) is 12.7. The fraction of sp³-hybridized carbons (Fsp3) is 0.400. The van der Waals surface area contributed by atoms with Crippen molar-refractivity contribution in [3.63, 3.8) is 0 Å². The summed E-state index contributed by atoms with van der Waals surface area (Å²) in [5, 5.41) is 8.94. The standard InChI is InChI=1S/C15H20N2O4/c1-5-16(3)13(18)11-7-6-8-12(9-11)14(19)17(4)10(2)15(20)21/h6-10H,5H2,1-4H3,(H,20,21). The van der Waals surface area contributed by atoms with Crippen LogP contribution in [0, 0.1) is 0 Å². The van der Waals surface area contributed by atoms with Crippen LogP contribution in [0.25, 0.3) is 0 Å². The van der Waals surface area contributed by atoms with Gasteiger partial charge in [-0.05, 0) is 32.0 Å². The maximum atomic E-state index is 12.2. The summed E-state index contributed by atoms with van der Waals surface area (Å²) in [5.74, 6) is -1.69. The van der Waals surface area contributed by atoms with Crippen molar-refractivity contribution in [1.29, 1.82) is 0 Å². The third-order valence-corrected chi connectivity index (χ3v) is 3.44. The van der Waals surface area contributed by atoms with Gasteiger partial charge in [0.1, 0.15) is 6.04 Å². The number of likely N-dealkylation sites (N-methyl/N-ethyl adjacent to an activating group) is 1. The maximum absolute atomic E-state index is 12.2. The van der Waals surface area contributed by atoms with Gasteiger partial charge >= 0.3 is 5.97 Å². The summed E-state index contributed by atoms with van der Waals surface area (Å²) in [6, 6.07) is 5.36. The molecule has 1 aromatic rings. The number of benzene rings is 1. The monoisotopic (exact) mass is 292 g/mol. The molecule has 0 spiro atoms. The number of carbonyl (C=O) groups is 3. The molecule has 0 aliphatic rings. The molecular formula is C15H20N2O4. The first-order valence-corrected chi connectivity index (χ1v) is 6.65. The van der Waals surface area contributed by atoms with Crippen LogP contribution in [0.15, 0.2) is 24.3 Å². The molecule has 21 heavy (non-hydrogen) atoms. The number of aliphatic carboxylic acids is 1. The molecular weight excluding hydrogens is 272 g/mol. The Balaban J connectivity index is 3.02. The quantitative estimate of drug-likeness (QED) is 0.888. The number of nitrogens with zero attached hydrogens (tertiary/aromatic N) is 2. The smallest absolute Gasteiger partial charge is 0.326 e. The third kappa shape index (κ3) is 3.81. The lowest BCUT2D eigenvalue weighted by Gasteiger charge is -2.22. The fourth-order valence-electron chi connectivity index (χ4n) is 1.69. The maximum Gasteiger partial charge on any atom is 0.326 e. The summed E-state index contributed by atoms with van der Waals surface area (Å²) in [6.45, 7) is 3.85. The van der Waals surface area contributed by atoms with Crippen LogP contribution in [0.1, 0.15) is 34.6 Å². The van der Waals surface area contributed by atoms with E-state index < -0.39 is 17.9 Å². The molecule has 0 aromatic heterocycles. The summed E-state index contributed by atoms with van der Waals surface area (Å²) in [5.41, 5.74) is 0.697. The van der Waals surface area contributed by atoms with Gasteiger partial charge in [0.2, 0.25) is 0 Å². The highest BCUT2D eigenvalue weighted by atomic mass is 16.4. The van der Waals surface area contributed by atoms with Gasteiger partial charge < -0.3 is 14.9 Å². The normalized spacial score (nSPS) is 11.6. The topological polar surface area (TPSA) is 77.9 Å². The van der Waals surface area contributed by atoms with Crippen molar-refractivity contribution in [2.75, 3.05) is 20.6 Å². The summed E-state index contributed by atoms with van der Waals surface area (Å²) in [7, 11) is 3.10. The Morgan fingerprint density at radius 1 is 1.14 bits per heavy atom. The summed E-state index contributed by atoms with van der Waals surface area (Å²) in [6.07, 6.45) is 0. The molecule has 1 rings (SSSR count). The molecule has 1 atom stereocenters. The second-order valence-corrected chi connectivity index (χ2v) is 4.83. The Hall–Kier alpha value is -2.37. The van der Waals surface area contributed by atoms with Gasteiger partial charge in [0.15, 0.2) is 0 Å². The van der Waals surface area contributed by atoms with Gasteiger partial charge in [-0.3, -0.25) is 9.59 Å². The van der Waals surface area contributed by atoms with Crippen LogP contribution in [0.4, 0.5) is 0 Å². The Kier molecular flexibility index (Phi) is 5.46. The Labute approximate surface area is 124 Å². The molecule has 6 heteroatoms. The minimum absolute atomic E-state index is 0.180. The summed E-state index contributed by atoms with van der Waals surface area (Å²) >= 11 is 0. The van der Waals surface area contributed by atoms with Gasteiger partial charge in [-0.25, -0.2) is 4.79 Å². The molecule has 114 valence electrons. The van der Waals surface area contributed by atoms with Gasteiger partial charge in [-0.15, -0.1) is 0 Å². The molecule has 0 bridgehead atoms. The molecule has 0 heterocycles. The highest BCUT2D eigenvalue weighted by molar-refractivity contribution is 6.00. The van der Waals surface area contributed by atoms with Crippen molar-refractivity contribution in [3.8, 4) is 0 Å². The molecule has 6 nitrogen and oxygen atoms in total. The van der Waals surface area contributed by atoms with Crippen molar-refractivity contribution in [1.82, 2.24) is 9.80 Å². The molecule has 0 aliphatic carbocycles. The van der Waals surface area contributed by atoms with E-state index in [1.165, 1.54) is 24.9 Å². The third-order valence-electron chi connectivity index (χ3n) is 3.44. The average molecular weight is 292 g/mol. The van der Waals surface area contributed by atoms with Crippen molar-refractivity contribution < 1.29 is 19.5 Å². The number of hydrogen-bond donors (Lipinski definition) is 1. The first-order valence-electron chi connectivity index (χ1n) is 6.65. The number of carboxylic acid groups (broad SMARTS) is 1. The highest BCUT2D eigenvalue weighted by Gasteiger charge is 2.23. The molecule has 1 aromatic carbocycles. The Bertz CT molecular complexity index is 556. The van der Waals surface area contributed by atoms with E-state index in [9.17, 15) is 14.4 Å². The molecule has 2 amide bonds. The van der Waals surface area contributed by atoms with E-state index in [2.05, 4.69) is 0 Å². The largest absolute Gasteiger partial charge is 0.480 e. The van der Waals surface area contributed by atoms with E-state index in [4.69, 9.17) is 5.11 Å². The van der Waals surface area contributed by atoms with Crippen molar-refractivity contribution in [2.24, 2.45) is 0 Å². The zero-order chi connectivity index (χ0) is 16.2. The van der Waals surface area contributed by atoms with Gasteiger partial charge in [-0.2, -0.15) is 0 Å². The average Bonchev–Trinajstić information content (AvgIpc) is 2.51. The minimum Gasteiger partial charge on any atom is -0.480 e. The van der Waals surface area contributed by atoms with E-state index in [1.807, 2.05) is 6.92 Å². The zero-order valence-corrected chi connectivity index (χ0v) is 12.7. The lowest BCUT2D eigenvalue weighted by atomic mass is 10.1. The van der Waals surface area contributed by atoms with Crippen LogP contribution in [-0.2, 0) is 4.79 Å². The van der Waals surface area contributed by atoms with Gasteiger partial charge in [0.25, 0.3) is 11.8 Å². The lowest BCUT2D eigenvalue weighted by molar-refractivity contribution is -0.141. The Morgan fingerprint density at radius 2 is 1.67 bits per heavy atom. The van der Waals surface area contributed by atoms with Crippen molar-refractivity contribution >= 4 is 17.8 Å². The molecule has 1 N–H and O–H groups in total. The van der Waals surface area contributed by atoms with E-state index in [0.717, 1.165) is 4.90 Å². The predicted molar refractivity (Wildman–Crippen MR) is 78.3 cm³/mol. The molecule has 1 unspecified atom stereocenters. The minimum atomic E-state index is -1.08. The van der Waals surface area contributed by atoms with Crippen LogP contribution in [0.3, 0.4) is 0 Å². The van der Waals surface area contributed by atoms with E-state index in [1.54, 1.807) is 25.2 Å². The van der Waals surface area contributed by atoms with E-state index in [0.29, 0.717) is 17.7 Å². The van der Waals surface area contributed by atoms with Crippen LogP contribution in [-0.4, -0.2) is 59.4 Å². The van der Waals surface area contributed by atoms with Crippen LogP contribution in [0.5, 0.6) is 0 Å². The number of rotatable bonds is 5. The first-order chi connectivity index (χ1) is 9.79. The molecule has 0 radical (unpaired) electrons. The van der Waals surface area contributed by atoms with E-state index >= 15 is 0 Å². The second kappa shape index (κ2) is 6.88. The summed E-state index contributed by atoms with van der Waals surface area (Å²) < 4.78 is 0. The van der Waals surface area contributed by atoms with Crippen LogP contribution < -0.4 is 0 Å². The van der Waals surface area contributed by atoms with Gasteiger partial charge in [0.05, 0.1) is 0 Å². The lowest BCUT2D eigenvalue weighted by Crippen LogP contribution is -2.40.